The number of ether oxygens (including phenoxy) is 1. The molecule has 0 amide bonds. The van der Waals surface area contributed by atoms with Gasteiger partial charge in [-0.2, -0.15) is 0 Å². The summed E-state index contributed by atoms with van der Waals surface area (Å²) in [4.78, 5) is 0. The van der Waals surface area contributed by atoms with E-state index >= 15 is 0 Å². The first-order chi connectivity index (χ1) is 9.00. The fraction of sp³-hybridized carbons (Fsp3) is 0.647. The van der Waals surface area contributed by atoms with Gasteiger partial charge in [0.2, 0.25) is 0 Å². The summed E-state index contributed by atoms with van der Waals surface area (Å²) in [7, 11) is 0. The van der Waals surface area contributed by atoms with Crippen LogP contribution in [0.25, 0.3) is 0 Å². The van der Waals surface area contributed by atoms with Gasteiger partial charge >= 0.3 is 0 Å². The van der Waals surface area contributed by atoms with E-state index in [1.807, 2.05) is 6.07 Å². The van der Waals surface area contributed by atoms with Crippen molar-refractivity contribution >= 4 is 0 Å². The molecular formula is C17H27NO. The second kappa shape index (κ2) is 5.96. The minimum Gasteiger partial charge on any atom is -0.486 e. The van der Waals surface area contributed by atoms with Gasteiger partial charge in [-0.1, -0.05) is 44.9 Å². The van der Waals surface area contributed by atoms with E-state index in [1.54, 1.807) is 0 Å². The molecular weight excluding hydrogens is 234 g/mol. The number of hydrogen-bond acceptors (Lipinski definition) is 2. The van der Waals surface area contributed by atoms with Crippen LogP contribution in [0, 0.1) is 5.92 Å². The van der Waals surface area contributed by atoms with Crippen molar-refractivity contribution in [2.24, 2.45) is 5.92 Å². The Morgan fingerprint density at radius 1 is 1.21 bits per heavy atom. The van der Waals surface area contributed by atoms with Gasteiger partial charge in [-0.3, -0.25) is 0 Å². The van der Waals surface area contributed by atoms with Crippen molar-refractivity contribution in [2.45, 2.75) is 58.6 Å². The molecule has 1 aromatic rings. The second-order valence-electron chi connectivity index (χ2n) is 6.52. The van der Waals surface area contributed by atoms with E-state index < -0.39 is 0 Å². The fourth-order valence-electron chi connectivity index (χ4n) is 2.81. The summed E-state index contributed by atoms with van der Waals surface area (Å²) in [5.41, 5.74) is 1.15. The molecule has 0 saturated heterocycles. The number of hydrogen-bond donors (Lipinski definition) is 1. The first kappa shape index (κ1) is 14.4. The smallest absolute Gasteiger partial charge is 0.125 e. The van der Waals surface area contributed by atoms with Crippen molar-refractivity contribution < 1.29 is 4.74 Å². The zero-order valence-corrected chi connectivity index (χ0v) is 12.7. The largest absolute Gasteiger partial charge is 0.486 e. The van der Waals surface area contributed by atoms with Gasteiger partial charge in [-0.05, 0) is 38.8 Å². The molecule has 1 atom stereocenters. The summed E-state index contributed by atoms with van der Waals surface area (Å²) in [6, 6.07) is 8.69. The highest BCUT2D eigenvalue weighted by Gasteiger charge is 2.40. The second-order valence-corrected chi connectivity index (χ2v) is 6.52. The SMILES string of the molecule is CC(C)CCCCNC1c2ccccc2OC1(C)C. The third-order valence-electron chi connectivity index (χ3n) is 3.85. The number of rotatable bonds is 6. The molecule has 106 valence electrons. The Labute approximate surface area is 117 Å². The highest BCUT2D eigenvalue weighted by molar-refractivity contribution is 5.42. The van der Waals surface area contributed by atoms with E-state index in [2.05, 4.69) is 51.2 Å². The molecule has 0 bridgehead atoms. The van der Waals surface area contributed by atoms with Crippen molar-refractivity contribution in [3.63, 3.8) is 0 Å². The third-order valence-corrected chi connectivity index (χ3v) is 3.85. The highest BCUT2D eigenvalue weighted by atomic mass is 16.5. The van der Waals surface area contributed by atoms with Gasteiger partial charge in [-0.25, -0.2) is 0 Å². The van der Waals surface area contributed by atoms with Crippen molar-refractivity contribution in [2.75, 3.05) is 6.54 Å². The van der Waals surface area contributed by atoms with E-state index in [0.717, 1.165) is 18.2 Å². The maximum absolute atomic E-state index is 6.04. The van der Waals surface area contributed by atoms with Crippen molar-refractivity contribution in [3.05, 3.63) is 29.8 Å². The number of nitrogens with one attached hydrogen (secondary N) is 1. The Balaban J connectivity index is 1.88. The van der Waals surface area contributed by atoms with Crippen LogP contribution in [0.1, 0.15) is 58.6 Å². The summed E-state index contributed by atoms with van der Waals surface area (Å²) in [5.74, 6) is 1.85. The average molecular weight is 261 g/mol. The van der Waals surface area contributed by atoms with Crippen LogP contribution < -0.4 is 10.1 Å². The van der Waals surface area contributed by atoms with E-state index in [4.69, 9.17) is 4.74 Å². The average Bonchev–Trinajstić information content (AvgIpc) is 2.59. The van der Waals surface area contributed by atoms with Crippen molar-refractivity contribution in [1.29, 1.82) is 0 Å². The van der Waals surface area contributed by atoms with Crippen LogP contribution in [0.3, 0.4) is 0 Å². The monoisotopic (exact) mass is 261 g/mol. The molecule has 19 heavy (non-hydrogen) atoms. The van der Waals surface area contributed by atoms with E-state index in [-0.39, 0.29) is 5.60 Å². The molecule has 1 N–H and O–H groups in total. The number of para-hydroxylation sites is 1. The molecule has 0 aliphatic carbocycles. The maximum atomic E-state index is 6.04. The number of benzene rings is 1. The third kappa shape index (κ3) is 3.50. The topological polar surface area (TPSA) is 21.3 Å². The lowest BCUT2D eigenvalue weighted by Gasteiger charge is -2.27. The fourth-order valence-corrected chi connectivity index (χ4v) is 2.81. The molecule has 0 aromatic heterocycles. The Bertz CT molecular complexity index is 411. The standard InChI is InChI=1S/C17H27NO/c1-13(2)9-7-8-12-18-16-14-10-5-6-11-15(14)19-17(16,3)4/h5-6,10-11,13,16,18H,7-9,12H2,1-4H3. The lowest BCUT2D eigenvalue weighted by molar-refractivity contribution is 0.0964. The van der Waals surface area contributed by atoms with Crippen molar-refractivity contribution in [1.82, 2.24) is 5.32 Å². The molecule has 0 saturated carbocycles. The van der Waals surface area contributed by atoms with E-state index in [1.165, 1.54) is 24.8 Å². The summed E-state index contributed by atoms with van der Waals surface area (Å²) in [6.07, 6.45) is 3.87. The lowest BCUT2D eigenvalue weighted by atomic mass is 9.94. The van der Waals surface area contributed by atoms with Gasteiger partial charge in [-0.15, -0.1) is 0 Å². The molecule has 1 aliphatic heterocycles. The van der Waals surface area contributed by atoms with Gasteiger partial charge in [0.1, 0.15) is 11.4 Å². The molecule has 1 aliphatic rings. The normalized spacial score (nSPS) is 20.4. The van der Waals surface area contributed by atoms with Crippen LogP contribution in [0.15, 0.2) is 24.3 Å². The number of fused-ring (bicyclic) bond motifs is 1. The van der Waals surface area contributed by atoms with Crippen molar-refractivity contribution in [3.8, 4) is 5.75 Å². The Hall–Kier alpha value is -1.02. The predicted octanol–water partition coefficient (Wildman–Crippen LogP) is 4.31. The maximum Gasteiger partial charge on any atom is 0.125 e. The number of unbranched alkanes of at least 4 members (excludes halogenated alkanes) is 1. The van der Waals surface area contributed by atoms with Crippen LogP contribution >= 0.6 is 0 Å². The molecule has 0 spiro atoms. The molecule has 1 unspecified atom stereocenters. The first-order valence-electron chi connectivity index (χ1n) is 7.52. The summed E-state index contributed by atoms with van der Waals surface area (Å²) < 4.78 is 6.04. The minimum absolute atomic E-state index is 0.151. The van der Waals surface area contributed by atoms with Crippen LogP contribution in [-0.4, -0.2) is 12.1 Å². The van der Waals surface area contributed by atoms with Crippen LogP contribution in [-0.2, 0) is 0 Å². The zero-order valence-electron chi connectivity index (χ0n) is 12.7. The minimum atomic E-state index is -0.151. The Morgan fingerprint density at radius 2 is 1.95 bits per heavy atom. The summed E-state index contributed by atoms with van der Waals surface area (Å²) >= 11 is 0. The predicted molar refractivity (Wildman–Crippen MR) is 80.6 cm³/mol. The van der Waals surface area contributed by atoms with Gasteiger partial charge in [0.05, 0.1) is 6.04 Å². The molecule has 0 radical (unpaired) electrons. The molecule has 2 nitrogen and oxygen atoms in total. The highest BCUT2D eigenvalue weighted by Crippen LogP contribution is 2.42. The first-order valence-corrected chi connectivity index (χ1v) is 7.52. The van der Waals surface area contributed by atoms with Crippen LogP contribution in [0.5, 0.6) is 5.75 Å². The van der Waals surface area contributed by atoms with Gasteiger partial charge in [0.15, 0.2) is 0 Å². The lowest BCUT2D eigenvalue weighted by Crippen LogP contribution is -2.39. The Morgan fingerprint density at radius 3 is 2.68 bits per heavy atom. The summed E-state index contributed by atoms with van der Waals surface area (Å²) in [6.45, 7) is 9.98. The molecule has 2 rings (SSSR count). The van der Waals surface area contributed by atoms with Gasteiger partial charge in [0.25, 0.3) is 0 Å². The van der Waals surface area contributed by atoms with Gasteiger partial charge < -0.3 is 10.1 Å². The molecule has 1 aromatic carbocycles. The van der Waals surface area contributed by atoms with Gasteiger partial charge in [0, 0.05) is 5.56 Å². The summed E-state index contributed by atoms with van der Waals surface area (Å²) in [5, 5.41) is 3.68. The molecule has 0 fully saturated rings. The van der Waals surface area contributed by atoms with Crippen LogP contribution in [0.2, 0.25) is 0 Å². The quantitative estimate of drug-likeness (QED) is 0.770. The van der Waals surface area contributed by atoms with E-state index in [9.17, 15) is 0 Å². The Kier molecular flexibility index (Phi) is 4.51. The molecule has 1 heterocycles. The van der Waals surface area contributed by atoms with Crippen LogP contribution in [0.4, 0.5) is 0 Å². The zero-order chi connectivity index (χ0) is 13.9. The molecule has 2 heteroatoms. The van der Waals surface area contributed by atoms with E-state index in [0.29, 0.717) is 6.04 Å².